The minimum atomic E-state index is -0.446. The van der Waals surface area contributed by atoms with Crippen LogP contribution in [0.5, 0.6) is 0 Å². The van der Waals surface area contributed by atoms with Gasteiger partial charge in [0.1, 0.15) is 10.7 Å². The van der Waals surface area contributed by atoms with Gasteiger partial charge in [-0.15, -0.1) is 11.3 Å². The topological polar surface area (TPSA) is 99.9 Å². The molecule has 0 spiro atoms. The monoisotopic (exact) mass is 287 g/mol. The third-order valence-electron chi connectivity index (χ3n) is 2.68. The Morgan fingerprint density at radius 3 is 2.95 bits per heavy atom. The standard InChI is InChI=1S/C12H9N5O2S/c13-10-7-16(15-11(10)12-14-4-5-20-12)8-2-1-3-9(6-8)17(18)19/h1-7H,13H2. The molecule has 0 fully saturated rings. The smallest absolute Gasteiger partial charge is 0.271 e. The summed E-state index contributed by atoms with van der Waals surface area (Å²) in [6.45, 7) is 0. The largest absolute Gasteiger partial charge is 0.396 e. The van der Waals surface area contributed by atoms with E-state index in [1.54, 1.807) is 24.5 Å². The van der Waals surface area contributed by atoms with E-state index >= 15 is 0 Å². The number of nitrogen functional groups attached to an aromatic ring is 1. The quantitative estimate of drug-likeness (QED) is 0.589. The Labute approximate surface area is 117 Å². The van der Waals surface area contributed by atoms with Gasteiger partial charge in [-0.3, -0.25) is 10.1 Å². The number of nitrogens with zero attached hydrogens (tertiary/aromatic N) is 4. The zero-order valence-corrected chi connectivity index (χ0v) is 10.9. The Bertz CT molecular complexity index is 766. The van der Waals surface area contributed by atoms with Crippen molar-refractivity contribution in [3.05, 3.63) is 52.2 Å². The van der Waals surface area contributed by atoms with Gasteiger partial charge < -0.3 is 5.73 Å². The van der Waals surface area contributed by atoms with Gasteiger partial charge in [0.05, 0.1) is 22.5 Å². The molecule has 20 heavy (non-hydrogen) atoms. The van der Waals surface area contributed by atoms with Gasteiger partial charge >= 0.3 is 0 Å². The lowest BCUT2D eigenvalue weighted by Crippen LogP contribution is -1.96. The minimum absolute atomic E-state index is 0.00682. The molecular formula is C12H9N5O2S. The average Bonchev–Trinajstić information content (AvgIpc) is 3.07. The predicted octanol–water partition coefficient (Wildman–Crippen LogP) is 2.49. The van der Waals surface area contributed by atoms with E-state index in [1.165, 1.54) is 28.2 Å². The average molecular weight is 287 g/mol. The maximum atomic E-state index is 10.8. The lowest BCUT2D eigenvalue weighted by molar-refractivity contribution is -0.384. The summed E-state index contributed by atoms with van der Waals surface area (Å²) in [5, 5.41) is 17.7. The molecule has 3 rings (SSSR count). The number of hydrogen-bond donors (Lipinski definition) is 1. The number of rotatable bonds is 3. The molecule has 1 aromatic carbocycles. The summed E-state index contributed by atoms with van der Waals surface area (Å²) in [5.41, 5.74) is 7.56. The third kappa shape index (κ3) is 2.12. The first-order valence-corrected chi connectivity index (χ1v) is 6.53. The van der Waals surface area contributed by atoms with Crippen molar-refractivity contribution >= 4 is 22.7 Å². The highest BCUT2D eigenvalue weighted by molar-refractivity contribution is 7.13. The summed E-state index contributed by atoms with van der Waals surface area (Å²) in [5.74, 6) is 0. The number of nitro benzene ring substituents is 1. The number of hydrogen-bond acceptors (Lipinski definition) is 6. The fourth-order valence-corrected chi connectivity index (χ4v) is 2.42. The van der Waals surface area contributed by atoms with Gasteiger partial charge in [0.15, 0.2) is 0 Å². The summed E-state index contributed by atoms with van der Waals surface area (Å²) >= 11 is 1.43. The van der Waals surface area contributed by atoms with Crippen LogP contribution in [0.2, 0.25) is 0 Å². The van der Waals surface area contributed by atoms with Crippen LogP contribution in [0, 0.1) is 10.1 Å². The zero-order chi connectivity index (χ0) is 14.1. The van der Waals surface area contributed by atoms with Crippen LogP contribution >= 0.6 is 11.3 Å². The van der Waals surface area contributed by atoms with Crippen LogP contribution in [0.3, 0.4) is 0 Å². The van der Waals surface area contributed by atoms with E-state index in [1.807, 2.05) is 5.38 Å². The van der Waals surface area contributed by atoms with Gasteiger partial charge in [-0.05, 0) is 6.07 Å². The molecule has 0 amide bonds. The molecule has 0 saturated heterocycles. The van der Waals surface area contributed by atoms with Gasteiger partial charge in [-0.1, -0.05) is 6.07 Å². The molecule has 0 aliphatic heterocycles. The predicted molar refractivity (Wildman–Crippen MR) is 75.7 cm³/mol. The minimum Gasteiger partial charge on any atom is -0.396 e. The summed E-state index contributed by atoms with van der Waals surface area (Å²) in [6.07, 6.45) is 3.29. The van der Waals surface area contributed by atoms with Gasteiger partial charge in [-0.25, -0.2) is 9.67 Å². The van der Waals surface area contributed by atoms with Crippen molar-refractivity contribution in [2.24, 2.45) is 0 Å². The van der Waals surface area contributed by atoms with Crippen molar-refractivity contribution in [3.63, 3.8) is 0 Å². The number of non-ortho nitro benzene ring substituents is 1. The maximum absolute atomic E-state index is 10.8. The van der Waals surface area contributed by atoms with Gasteiger partial charge in [0, 0.05) is 23.7 Å². The van der Waals surface area contributed by atoms with E-state index in [4.69, 9.17) is 5.73 Å². The van der Waals surface area contributed by atoms with E-state index in [0.717, 1.165) is 0 Å². The van der Waals surface area contributed by atoms with Crippen LogP contribution in [0.4, 0.5) is 11.4 Å². The van der Waals surface area contributed by atoms with Gasteiger partial charge in [-0.2, -0.15) is 5.10 Å². The second-order valence-electron chi connectivity index (χ2n) is 3.99. The maximum Gasteiger partial charge on any atom is 0.271 e. The molecule has 3 aromatic rings. The molecule has 0 aliphatic rings. The van der Waals surface area contributed by atoms with E-state index in [-0.39, 0.29) is 5.69 Å². The molecule has 0 radical (unpaired) electrons. The highest BCUT2D eigenvalue weighted by Crippen LogP contribution is 2.27. The Morgan fingerprint density at radius 2 is 2.25 bits per heavy atom. The number of nitro groups is 1. The molecule has 0 aliphatic carbocycles. The molecule has 2 aromatic heterocycles. The number of aromatic nitrogens is 3. The van der Waals surface area contributed by atoms with Crippen LogP contribution in [0.15, 0.2) is 42.0 Å². The third-order valence-corrected chi connectivity index (χ3v) is 3.46. The number of thiazole rings is 1. The normalized spacial score (nSPS) is 10.6. The molecule has 2 N–H and O–H groups in total. The fraction of sp³-hybridized carbons (Fsp3) is 0. The number of nitrogens with two attached hydrogens (primary N) is 1. The first kappa shape index (κ1) is 12.3. The molecule has 2 heterocycles. The first-order valence-electron chi connectivity index (χ1n) is 5.65. The Balaban J connectivity index is 2.05. The van der Waals surface area contributed by atoms with Crippen LogP contribution in [0.1, 0.15) is 0 Å². The van der Waals surface area contributed by atoms with Crippen LogP contribution in [0.25, 0.3) is 16.4 Å². The highest BCUT2D eigenvalue weighted by atomic mass is 32.1. The number of anilines is 1. The lowest BCUT2D eigenvalue weighted by atomic mass is 10.3. The molecule has 8 heteroatoms. The van der Waals surface area contributed by atoms with E-state index in [9.17, 15) is 10.1 Å². The summed E-state index contributed by atoms with van der Waals surface area (Å²) in [4.78, 5) is 14.5. The molecule has 7 nitrogen and oxygen atoms in total. The molecule has 0 atom stereocenters. The Hall–Kier alpha value is -2.74. The number of benzene rings is 1. The van der Waals surface area contributed by atoms with Crippen molar-refractivity contribution in [1.29, 1.82) is 0 Å². The van der Waals surface area contributed by atoms with Crippen molar-refractivity contribution in [3.8, 4) is 16.4 Å². The summed E-state index contributed by atoms with van der Waals surface area (Å²) in [6, 6.07) is 6.20. The molecule has 100 valence electrons. The van der Waals surface area contributed by atoms with Crippen molar-refractivity contribution in [2.45, 2.75) is 0 Å². The second kappa shape index (κ2) is 4.74. The Kier molecular flexibility index (Phi) is 2.92. The summed E-state index contributed by atoms with van der Waals surface area (Å²) < 4.78 is 1.51. The van der Waals surface area contributed by atoms with Crippen LogP contribution < -0.4 is 5.73 Å². The van der Waals surface area contributed by atoms with Crippen LogP contribution in [-0.2, 0) is 0 Å². The van der Waals surface area contributed by atoms with Crippen molar-refractivity contribution in [1.82, 2.24) is 14.8 Å². The molecular weight excluding hydrogens is 278 g/mol. The van der Waals surface area contributed by atoms with Crippen LogP contribution in [-0.4, -0.2) is 19.7 Å². The molecule has 0 unspecified atom stereocenters. The second-order valence-corrected chi connectivity index (χ2v) is 4.89. The Morgan fingerprint density at radius 1 is 1.40 bits per heavy atom. The SMILES string of the molecule is Nc1cn(-c2cccc([N+](=O)[O-])c2)nc1-c1nccs1. The first-order chi connectivity index (χ1) is 9.65. The zero-order valence-electron chi connectivity index (χ0n) is 10.1. The lowest BCUT2D eigenvalue weighted by Gasteiger charge is -2.00. The van der Waals surface area contributed by atoms with E-state index in [0.29, 0.717) is 22.1 Å². The van der Waals surface area contributed by atoms with E-state index in [2.05, 4.69) is 10.1 Å². The van der Waals surface area contributed by atoms with Gasteiger partial charge in [0.25, 0.3) is 5.69 Å². The molecule has 0 bridgehead atoms. The van der Waals surface area contributed by atoms with Crippen molar-refractivity contribution in [2.75, 3.05) is 5.73 Å². The summed E-state index contributed by atoms with van der Waals surface area (Å²) in [7, 11) is 0. The van der Waals surface area contributed by atoms with Crippen molar-refractivity contribution < 1.29 is 4.92 Å². The fourth-order valence-electron chi connectivity index (χ4n) is 1.78. The van der Waals surface area contributed by atoms with E-state index < -0.39 is 4.92 Å². The molecule has 0 saturated carbocycles. The highest BCUT2D eigenvalue weighted by Gasteiger charge is 2.13. The van der Waals surface area contributed by atoms with Gasteiger partial charge in [0.2, 0.25) is 0 Å².